The molecule has 16 heavy (non-hydrogen) atoms. The van der Waals surface area contributed by atoms with Gasteiger partial charge in [0.1, 0.15) is 0 Å². The highest BCUT2D eigenvalue weighted by molar-refractivity contribution is 5.80. The highest BCUT2D eigenvalue weighted by atomic mass is 16.2. The van der Waals surface area contributed by atoms with Gasteiger partial charge < -0.3 is 11.1 Å². The van der Waals surface area contributed by atoms with Crippen LogP contribution in [0.5, 0.6) is 0 Å². The molecule has 0 fully saturated rings. The minimum Gasteiger partial charge on any atom is -0.355 e. The number of benzene rings is 1. The van der Waals surface area contributed by atoms with Gasteiger partial charge in [0.15, 0.2) is 0 Å². The van der Waals surface area contributed by atoms with Crippen LogP contribution in [-0.4, -0.2) is 18.5 Å². The van der Waals surface area contributed by atoms with Crippen molar-refractivity contribution in [3.8, 4) is 0 Å². The lowest BCUT2D eigenvalue weighted by Crippen LogP contribution is -2.38. The summed E-state index contributed by atoms with van der Waals surface area (Å²) in [4.78, 5) is 11.2. The topological polar surface area (TPSA) is 55.1 Å². The van der Waals surface area contributed by atoms with Crippen molar-refractivity contribution in [2.45, 2.75) is 32.2 Å². The first-order valence-corrected chi connectivity index (χ1v) is 5.69. The van der Waals surface area contributed by atoms with Crippen molar-refractivity contribution >= 4 is 5.91 Å². The van der Waals surface area contributed by atoms with E-state index in [2.05, 4.69) is 24.4 Å². The number of carbonyl (C=O) groups excluding carboxylic acids is 1. The average Bonchev–Trinajstić information content (AvgIpc) is 2.29. The third kappa shape index (κ3) is 4.03. The molecule has 0 bridgehead atoms. The number of nitrogens with one attached hydrogen (secondary N) is 1. The molecule has 0 radical (unpaired) electrons. The molecule has 3 nitrogen and oxygen atoms in total. The van der Waals surface area contributed by atoms with Crippen LogP contribution in [0.2, 0.25) is 0 Å². The van der Waals surface area contributed by atoms with Crippen LogP contribution in [0.25, 0.3) is 0 Å². The molecule has 88 valence electrons. The monoisotopic (exact) mass is 220 g/mol. The van der Waals surface area contributed by atoms with E-state index in [1.54, 1.807) is 6.92 Å². The fourth-order valence-corrected chi connectivity index (χ4v) is 1.52. The SMILES string of the molecule is CC(CCNC(=O)[C@H](C)N)c1ccccc1. The van der Waals surface area contributed by atoms with Crippen LogP contribution in [0.15, 0.2) is 30.3 Å². The molecule has 1 aromatic rings. The second-order valence-corrected chi connectivity index (χ2v) is 4.18. The van der Waals surface area contributed by atoms with Gasteiger partial charge in [-0.15, -0.1) is 0 Å². The van der Waals surface area contributed by atoms with Crippen molar-refractivity contribution in [3.63, 3.8) is 0 Å². The number of carbonyl (C=O) groups is 1. The quantitative estimate of drug-likeness (QED) is 0.792. The molecule has 3 N–H and O–H groups in total. The standard InChI is InChI=1S/C13H20N2O/c1-10(12-6-4-3-5-7-12)8-9-15-13(16)11(2)14/h3-7,10-11H,8-9,14H2,1-2H3,(H,15,16)/t10?,11-/m0/s1. The Balaban J connectivity index is 2.31. The number of rotatable bonds is 5. The minimum absolute atomic E-state index is 0.0831. The van der Waals surface area contributed by atoms with Crippen molar-refractivity contribution in [2.24, 2.45) is 5.73 Å². The van der Waals surface area contributed by atoms with Gasteiger partial charge in [-0.25, -0.2) is 0 Å². The fraction of sp³-hybridized carbons (Fsp3) is 0.462. The van der Waals surface area contributed by atoms with Crippen LogP contribution in [0.1, 0.15) is 31.7 Å². The van der Waals surface area contributed by atoms with Gasteiger partial charge >= 0.3 is 0 Å². The van der Waals surface area contributed by atoms with Crippen molar-refractivity contribution in [1.82, 2.24) is 5.32 Å². The zero-order valence-electron chi connectivity index (χ0n) is 9.94. The molecule has 0 aliphatic carbocycles. The minimum atomic E-state index is -0.424. The first kappa shape index (κ1) is 12.7. The summed E-state index contributed by atoms with van der Waals surface area (Å²) in [5, 5.41) is 2.82. The van der Waals surface area contributed by atoms with E-state index in [-0.39, 0.29) is 5.91 Å². The van der Waals surface area contributed by atoms with E-state index >= 15 is 0 Å². The molecule has 0 aromatic heterocycles. The van der Waals surface area contributed by atoms with E-state index in [9.17, 15) is 4.79 Å². The molecule has 0 aliphatic heterocycles. The maximum Gasteiger partial charge on any atom is 0.236 e. The van der Waals surface area contributed by atoms with E-state index < -0.39 is 6.04 Å². The molecule has 0 saturated carbocycles. The van der Waals surface area contributed by atoms with Gasteiger partial charge in [-0.2, -0.15) is 0 Å². The molecule has 1 unspecified atom stereocenters. The van der Waals surface area contributed by atoms with E-state index in [1.807, 2.05) is 18.2 Å². The molecule has 3 heteroatoms. The van der Waals surface area contributed by atoms with Gasteiger partial charge in [0.05, 0.1) is 6.04 Å². The number of nitrogens with two attached hydrogens (primary N) is 1. The molecule has 0 saturated heterocycles. The highest BCUT2D eigenvalue weighted by Crippen LogP contribution is 2.17. The van der Waals surface area contributed by atoms with E-state index in [1.165, 1.54) is 5.56 Å². The maximum absolute atomic E-state index is 11.2. The molecule has 1 aromatic carbocycles. The van der Waals surface area contributed by atoms with Gasteiger partial charge in [0.2, 0.25) is 5.91 Å². The Bertz CT molecular complexity index is 322. The average molecular weight is 220 g/mol. The zero-order valence-corrected chi connectivity index (χ0v) is 9.94. The Morgan fingerprint density at radius 1 is 1.31 bits per heavy atom. The predicted octanol–water partition coefficient (Wildman–Crippen LogP) is 1.64. The summed E-state index contributed by atoms with van der Waals surface area (Å²) < 4.78 is 0. The lowest BCUT2D eigenvalue weighted by Gasteiger charge is -2.13. The first-order chi connectivity index (χ1) is 7.61. The zero-order chi connectivity index (χ0) is 12.0. The van der Waals surface area contributed by atoms with Crippen molar-refractivity contribution in [2.75, 3.05) is 6.54 Å². The molecule has 0 aliphatic rings. The Labute approximate surface area is 97.0 Å². The Morgan fingerprint density at radius 3 is 2.50 bits per heavy atom. The number of hydrogen-bond acceptors (Lipinski definition) is 2. The molecule has 0 heterocycles. The van der Waals surface area contributed by atoms with Crippen LogP contribution in [0, 0.1) is 0 Å². The molecule has 2 atom stereocenters. The second kappa shape index (κ2) is 6.28. The largest absolute Gasteiger partial charge is 0.355 e. The Morgan fingerprint density at radius 2 is 1.94 bits per heavy atom. The van der Waals surface area contributed by atoms with Gasteiger partial charge in [-0.05, 0) is 24.8 Å². The summed E-state index contributed by atoms with van der Waals surface area (Å²) in [5.41, 5.74) is 6.76. The summed E-state index contributed by atoms with van der Waals surface area (Å²) in [6.45, 7) is 4.53. The van der Waals surface area contributed by atoms with Crippen molar-refractivity contribution in [3.05, 3.63) is 35.9 Å². The third-order valence-corrected chi connectivity index (χ3v) is 2.66. The normalized spacial score (nSPS) is 14.2. The summed E-state index contributed by atoms with van der Waals surface area (Å²) in [6.07, 6.45) is 0.933. The summed E-state index contributed by atoms with van der Waals surface area (Å²) >= 11 is 0. The van der Waals surface area contributed by atoms with E-state index in [0.29, 0.717) is 12.5 Å². The first-order valence-electron chi connectivity index (χ1n) is 5.69. The van der Waals surface area contributed by atoms with E-state index in [0.717, 1.165) is 6.42 Å². The molecule has 0 spiro atoms. The summed E-state index contributed by atoms with van der Waals surface area (Å²) in [5.74, 6) is 0.370. The predicted molar refractivity (Wildman–Crippen MR) is 66.1 cm³/mol. The van der Waals surface area contributed by atoms with Crippen LogP contribution in [0.4, 0.5) is 0 Å². The second-order valence-electron chi connectivity index (χ2n) is 4.18. The van der Waals surface area contributed by atoms with Crippen LogP contribution < -0.4 is 11.1 Å². The van der Waals surface area contributed by atoms with Gasteiger partial charge in [-0.3, -0.25) is 4.79 Å². The number of amides is 1. The molecule has 1 rings (SSSR count). The lowest BCUT2D eigenvalue weighted by atomic mass is 9.98. The molecular weight excluding hydrogens is 200 g/mol. The Kier molecular flexibility index (Phi) is 4.99. The summed E-state index contributed by atoms with van der Waals surface area (Å²) in [6, 6.07) is 9.87. The van der Waals surface area contributed by atoms with Crippen LogP contribution in [0.3, 0.4) is 0 Å². The number of hydrogen-bond donors (Lipinski definition) is 2. The fourth-order valence-electron chi connectivity index (χ4n) is 1.52. The lowest BCUT2D eigenvalue weighted by molar-refractivity contribution is -0.121. The van der Waals surface area contributed by atoms with Crippen molar-refractivity contribution < 1.29 is 4.79 Å². The third-order valence-electron chi connectivity index (χ3n) is 2.66. The Hall–Kier alpha value is -1.35. The summed E-state index contributed by atoms with van der Waals surface area (Å²) in [7, 11) is 0. The smallest absolute Gasteiger partial charge is 0.236 e. The van der Waals surface area contributed by atoms with Gasteiger partial charge in [0.25, 0.3) is 0 Å². The maximum atomic E-state index is 11.2. The van der Waals surface area contributed by atoms with Gasteiger partial charge in [-0.1, -0.05) is 37.3 Å². The van der Waals surface area contributed by atoms with E-state index in [4.69, 9.17) is 5.73 Å². The van der Waals surface area contributed by atoms with Crippen LogP contribution in [-0.2, 0) is 4.79 Å². The molecular formula is C13H20N2O. The van der Waals surface area contributed by atoms with Gasteiger partial charge in [0, 0.05) is 6.54 Å². The van der Waals surface area contributed by atoms with Crippen LogP contribution >= 0.6 is 0 Å². The molecule has 1 amide bonds. The van der Waals surface area contributed by atoms with Crippen molar-refractivity contribution in [1.29, 1.82) is 0 Å². The highest BCUT2D eigenvalue weighted by Gasteiger charge is 2.08.